The van der Waals surface area contributed by atoms with Crippen LogP contribution in [-0.2, 0) is 11.4 Å². The largest absolute Gasteiger partial charge is 0.493 e. The van der Waals surface area contributed by atoms with E-state index in [-0.39, 0.29) is 5.57 Å². The fraction of sp³-hybridized carbons (Fsp3) is 0.133. The highest BCUT2D eigenvalue weighted by Gasteiger charge is 2.15. The van der Waals surface area contributed by atoms with Gasteiger partial charge in [0.2, 0.25) is 0 Å². The third-order valence-electron chi connectivity index (χ3n) is 5.98. The number of methoxy groups -OCH3 is 1. The molecule has 0 spiro atoms. The van der Waals surface area contributed by atoms with Crippen molar-refractivity contribution in [3.8, 4) is 17.6 Å². The van der Waals surface area contributed by atoms with Crippen LogP contribution in [0, 0.1) is 25.2 Å². The lowest BCUT2D eigenvalue weighted by Gasteiger charge is -2.14. The standard InChI is InChI=1S/C30H25BrN2O3/c1-19-7-6-10-27(20(19)2)33-30(34)25(17-32)14-22-15-26(31)29(28(16-22)35-3)36-18-21-11-12-23-8-4-5-9-24(23)13-21/h4-16H,18H2,1-3H3,(H,33,34)/b25-14+. The number of carbonyl (C=O) groups excluding carboxylic acids is 1. The number of nitrogens with zero attached hydrogens (tertiary/aromatic N) is 1. The van der Waals surface area contributed by atoms with Gasteiger partial charge >= 0.3 is 0 Å². The lowest BCUT2D eigenvalue weighted by molar-refractivity contribution is -0.112. The van der Waals surface area contributed by atoms with Crippen molar-refractivity contribution >= 4 is 44.4 Å². The van der Waals surface area contributed by atoms with Gasteiger partial charge < -0.3 is 14.8 Å². The van der Waals surface area contributed by atoms with Gasteiger partial charge in [-0.25, -0.2) is 0 Å². The van der Waals surface area contributed by atoms with Crippen molar-refractivity contribution in [2.24, 2.45) is 0 Å². The normalized spacial score (nSPS) is 11.1. The monoisotopic (exact) mass is 540 g/mol. The molecule has 0 radical (unpaired) electrons. The predicted molar refractivity (Wildman–Crippen MR) is 147 cm³/mol. The zero-order valence-electron chi connectivity index (χ0n) is 20.3. The van der Waals surface area contributed by atoms with Crippen LogP contribution >= 0.6 is 15.9 Å². The number of nitrogens with one attached hydrogen (secondary N) is 1. The second-order valence-electron chi connectivity index (χ2n) is 8.38. The molecule has 0 aliphatic carbocycles. The maximum absolute atomic E-state index is 12.8. The average molecular weight is 541 g/mol. The predicted octanol–water partition coefficient (Wildman–Crippen LogP) is 7.35. The van der Waals surface area contributed by atoms with Crippen LogP contribution in [0.15, 0.2) is 82.8 Å². The topological polar surface area (TPSA) is 71.3 Å². The number of amides is 1. The quantitative estimate of drug-likeness (QED) is 0.196. The number of carbonyl (C=O) groups is 1. The van der Waals surface area contributed by atoms with E-state index in [1.54, 1.807) is 19.2 Å². The molecule has 0 fully saturated rings. The summed E-state index contributed by atoms with van der Waals surface area (Å²) in [5, 5.41) is 14.8. The van der Waals surface area contributed by atoms with E-state index in [1.165, 1.54) is 11.5 Å². The molecular weight excluding hydrogens is 516 g/mol. The summed E-state index contributed by atoms with van der Waals surface area (Å²) < 4.78 is 12.3. The van der Waals surface area contributed by atoms with Crippen LogP contribution in [0.4, 0.5) is 5.69 Å². The summed E-state index contributed by atoms with van der Waals surface area (Å²) >= 11 is 3.55. The van der Waals surface area contributed by atoms with E-state index < -0.39 is 5.91 Å². The van der Waals surface area contributed by atoms with Gasteiger partial charge in [0.1, 0.15) is 18.2 Å². The minimum absolute atomic E-state index is 0.0188. The van der Waals surface area contributed by atoms with Gasteiger partial charge in [-0.05, 0) is 93.1 Å². The van der Waals surface area contributed by atoms with Gasteiger partial charge in [0.15, 0.2) is 11.5 Å². The van der Waals surface area contributed by atoms with Crippen LogP contribution < -0.4 is 14.8 Å². The first-order valence-corrected chi connectivity index (χ1v) is 12.2. The minimum Gasteiger partial charge on any atom is -0.493 e. The molecule has 1 N–H and O–H groups in total. The Morgan fingerprint density at radius 1 is 1.03 bits per heavy atom. The maximum Gasteiger partial charge on any atom is 0.266 e. The number of fused-ring (bicyclic) bond motifs is 1. The van der Waals surface area contributed by atoms with Crippen molar-refractivity contribution in [2.45, 2.75) is 20.5 Å². The van der Waals surface area contributed by atoms with Crippen molar-refractivity contribution in [3.63, 3.8) is 0 Å². The smallest absolute Gasteiger partial charge is 0.266 e. The molecule has 4 aromatic rings. The van der Waals surface area contributed by atoms with Gasteiger partial charge in [0.05, 0.1) is 11.6 Å². The summed E-state index contributed by atoms with van der Waals surface area (Å²) in [5.41, 5.74) is 4.33. The van der Waals surface area contributed by atoms with Crippen molar-refractivity contribution in [2.75, 3.05) is 12.4 Å². The van der Waals surface area contributed by atoms with Crippen molar-refractivity contribution in [1.29, 1.82) is 5.26 Å². The van der Waals surface area contributed by atoms with E-state index in [9.17, 15) is 10.1 Å². The first-order chi connectivity index (χ1) is 17.4. The molecule has 36 heavy (non-hydrogen) atoms. The third kappa shape index (κ3) is 5.59. The number of aryl methyl sites for hydroxylation is 1. The molecule has 0 atom stereocenters. The number of benzene rings is 4. The van der Waals surface area contributed by atoms with Crippen LogP contribution in [0.2, 0.25) is 0 Å². The number of nitriles is 1. The Kier molecular flexibility index (Phi) is 7.72. The average Bonchev–Trinajstić information content (AvgIpc) is 2.88. The lowest BCUT2D eigenvalue weighted by atomic mass is 10.1. The molecule has 0 aliphatic rings. The minimum atomic E-state index is -0.474. The molecule has 4 rings (SSSR count). The van der Waals surface area contributed by atoms with Gasteiger partial charge in [-0.1, -0.05) is 48.5 Å². The molecule has 5 nitrogen and oxygen atoms in total. The highest BCUT2D eigenvalue weighted by atomic mass is 79.9. The Balaban J connectivity index is 1.55. The molecule has 0 saturated carbocycles. The Labute approximate surface area is 219 Å². The Morgan fingerprint density at radius 3 is 2.56 bits per heavy atom. The second kappa shape index (κ2) is 11.1. The SMILES string of the molecule is COc1cc(/C=C(\C#N)C(=O)Nc2cccc(C)c2C)cc(Br)c1OCc1ccc2ccccc2c1. The molecule has 6 heteroatoms. The molecule has 4 aromatic carbocycles. The van der Waals surface area contributed by atoms with E-state index in [1.807, 2.05) is 56.3 Å². The van der Waals surface area contributed by atoms with Crippen molar-refractivity contribution < 1.29 is 14.3 Å². The highest BCUT2D eigenvalue weighted by Crippen LogP contribution is 2.38. The van der Waals surface area contributed by atoms with Crippen LogP contribution in [0.5, 0.6) is 11.5 Å². The van der Waals surface area contributed by atoms with E-state index in [0.717, 1.165) is 22.1 Å². The van der Waals surface area contributed by atoms with E-state index in [2.05, 4.69) is 45.5 Å². The van der Waals surface area contributed by atoms with Crippen molar-refractivity contribution in [3.05, 3.63) is 105 Å². The van der Waals surface area contributed by atoms with Gasteiger partial charge in [-0.3, -0.25) is 4.79 Å². The molecule has 0 aliphatic heterocycles. The van der Waals surface area contributed by atoms with E-state index in [4.69, 9.17) is 9.47 Å². The Hall–Kier alpha value is -4.08. The number of rotatable bonds is 7. The molecule has 0 heterocycles. The highest BCUT2D eigenvalue weighted by molar-refractivity contribution is 9.10. The molecule has 0 bridgehead atoms. The fourth-order valence-corrected chi connectivity index (χ4v) is 4.41. The van der Waals surface area contributed by atoms with Crippen LogP contribution in [0.3, 0.4) is 0 Å². The summed E-state index contributed by atoms with van der Waals surface area (Å²) in [7, 11) is 1.55. The van der Waals surface area contributed by atoms with Crippen molar-refractivity contribution in [1.82, 2.24) is 0 Å². The van der Waals surface area contributed by atoms with Crippen LogP contribution in [0.25, 0.3) is 16.8 Å². The van der Waals surface area contributed by atoms with Gasteiger partial charge in [-0.15, -0.1) is 0 Å². The van der Waals surface area contributed by atoms with Crippen LogP contribution in [-0.4, -0.2) is 13.0 Å². The molecule has 180 valence electrons. The molecule has 1 amide bonds. The summed E-state index contributed by atoms with van der Waals surface area (Å²) in [4.78, 5) is 12.8. The number of anilines is 1. The second-order valence-corrected chi connectivity index (χ2v) is 9.23. The molecule has 0 aromatic heterocycles. The number of ether oxygens (including phenoxy) is 2. The van der Waals surface area contributed by atoms with Gasteiger partial charge in [0, 0.05) is 5.69 Å². The molecular formula is C30H25BrN2O3. The summed E-state index contributed by atoms with van der Waals surface area (Å²) in [6.45, 7) is 4.26. The number of hydrogen-bond acceptors (Lipinski definition) is 4. The van der Waals surface area contributed by atoms with E-state index in [0.29, 0.717) is 33.8 Å². The summed E-state index contributed by atoms with van der Waals surface area (Å²) in [6.07, 6.45) is 1.53. The molecule has 0 unspecified atom stereocenters. The first-order valence-electron chi connectivity index (χ1n) is 11.4. The maximum atomic E-state index is 12.8. The first kappa shape index (κ1) is 25.0. The molecule has 0 saturated heterocycles. The lowest BCUT2D eigenvalue weighted by Crippen LogP contribution is -2.14. The van der Waals surface area contributed by atoms with E-state index >= 15 is 0 Å². The van der Waals surface area contributed by atoms with Gasteiger partial charge in [-0.2, -0.15) is 5.26 Å². The van der Waals surface area contributed by atoms with Crippen LogP contribution in [0.1, 0.15) is 22.3 Å². The zero-order valence-corrected chi connectivity index (χ0v) is 21.8. The van der Waals surface area contributed by atoms with Gasteiger partial charge in [0.25, 0.3) is 5.91 Å². The number of halogens is 1. The zero-order chi connectivity index (χ0) is 25.7. The third-order valence-corrected chi connectivity index (χ3v) is 6.57. The fourth-order valence-electron chi connectivity index (χ4n) is 3.84. The number of hydrogen-bond donors (Lipinski definition) is 1. The Bertz CT molecular complexity index is 1520. The summed E-state index contributed by atoms with van der Waals surface area (Å²) in [5.74, 6) is 0.558. The summed E-state index contributed by atoms with van der Waals surface area (Å²) in [6, 6.07) is 25.6. The Morgan fingerprint density at radius 2 is 1.81 bits per heavy atom.